The van der Waals surface area contributed by atoms with Crippen molar-refractivity contribution in [3.05, 3.63) is 53.8 Å². The van der Waals surface area contributed by atoms with Crippen LogP contribution in [0.5, 0.6) is 0 Å². The van der Waals surface area contributed by atoms with Crippen molar-refractivity contribution in [1.82, 2.24) is 0 Å². The number of carbonyl (C=O) groups excluding carboxylic acids is 1. The molecule has 0 fully saturated rings. The van der Waals surface area contributed by atoms with Crippen LogP contribution in [-0.4, -0.2) is 5.78 Å². The van der Waals surface area contributed by atoms with Crippen LogP contribution in [0.3, 0.4) is 0 Å². The van der Waals surface area contributed by atoms with E-state index in [4.69, 9.17) is 11.6 Å². The van der Waals surface area contributed by atoms with Gasteiger partial charge in [0.1, 0.15) is 5.82 Å². The Kier molecular flexibility index (Phi) is 4.59. The second kappa shape index (κ2) is 5.82. The third-order valence-electron chi connectivity index (χ3n) is 2.27. The number of hydrogen-bond donors (Lipinski definition) is 0. The zero-order valence-corrected chi connectivity index (χ0v) is 13.6. The fraction of sp³-hybridized carbons (Fsp3) is 0.0833. The summed E-state index contributed by atoms with van der Waals surface area (Å²) < 4.78 is 15.0. The standard InChI is InChI=1S/C12H6Br2ClFOS/c13-7-5-11(18-12(7)14)10(17)4-6-1-2-8(15)9(16)3-6/h1-3,5H,4H2. The molecule has 0 spiro atoms. The van der Waals surface area contributed by atoms with Crippen molar-refractivity contribution in [2.45, 2.75) is 6.42 Å². The van der Waals surface area contributed by atoms with Crippen molar-refractivity contribution < 1.29 is 9.18 Å². The molecule has 0 N–H and O–H groups in total. The lowest BCUT2D eigenvalue weighted by atomic mass is 10.1. The first-order valence-electron chi connectivity index (χ1n) is 4.89. The van der Waals surface area contributed by atoms with Crippen molar-refractivity contribution in [2.24, 2.45) is 0 Å². The molecule has 94 valence electrons. The van der Waals surface area contributed by atoms with Crippen LogP contribution >= 0.6 is 54.8 Å². The molecule has 1 heterocycles. The van der Waals surface area contributed by atoms with Crippen LogP contribution in [0.4, 0.5) is 4.39 Å². The first-order chi connectivity index (χ1) is 8.47. The molecular formula is C12H6Br2ClFOS. The average Bonchev–Trinajstić information content (AvgIpc) is 2.65. The number of Topliss-reactive ketones (excluding diaryl/α,β-unsaturated/α-hetero) is 1. The van der Waals surface area contributed by atoms with Crippen LogP contribution < -0.4 is 0 Å². The first-order valence-corrected chi connectivity index (χ1v) is 7.67. The van der Waals surface area contributed by atoms with Gasteiger partial charge in [-0.25, -0.2) is 4.39 Å². The molecule has 0 aliphatic heterocycles. The van der Waals surface area contributed by atoms with Crippen LogP contribution in [0.15, 0.2) is 32.5 Å². The van der Waals surface area contributed by atoms with E-state index in [-0.39, 0.29) is 17.2 Å². The zero-order chi connectivity index (χ0) is 13.3. The van der Waals surface area contributed by atoms with Gasteiger partial charge >= 0.3 is 0 Å². The van der Waals surface area contributed by atoms with Crippen LogP contribution in [0, 0.1) is 5.82 Å². The van der Waals surface area contributed by atoms with Gasteiger partial charge in [0.05, 0.1) is 13.7 Å². The highest BCUT2D eigenvalue weighted by atomic mass is 79.9. The summed E-state index contributed by atoms with van der Waals surface area (Å²) in [5, 5.41) is 0.0628. The Hall–Kier alpha value is -0.230. The number of thiophene rings is 1. The summed E-state index contributed by atoms with van der Waals surface area (Å²) in [6.07, 6.45) is 0.160. The Morgan fingerprint density at radius 3 is 2.61 bits per heavy atom. The highest BCUT2D eigenvalue weighted by molar-refractivity contribution is 9.13. The molecule has 1 aromatic heterocycles. The lowest BCUT2D eigenvalue weighted by Gasteiger charge is -2.00. The molecule has 18 heavy (non-hydrogen) atoms. The minimum atomic E-state index is -0.504. The summed E-state index contributed by atoms with van der Waals surface area (Å²) in [6.45, 7) is 0. The van der Waals surface area contributed by atoms with E-state index in [9.17, 15) is 9.18 Å². The Bertz CT molecular complexity index is 593. The molecule has 2 aromatic rings. The maximum absolute atomic E-state index is 13.2. The minimum absolute atomic E-state index is 0.0480. The highest BCUT2D eigenvalue weighted by Crippen LogP contribution is 2.33. The van der Waals surface area contributed by atoms with E-state index in [2.05, 4.69) is 31.9 Å². The number of hydrogen-bond acceptors (Lipinski definition) is 2. The van der Waals surface area contributed by atoms with E-state index in [1.165, 1.54) is 23.5 Å². The fourth-order valence-electron chi connectivity index (χ4n) is 1.41. The van der Waals surface area contributed by atoms with E-state index >= 15 is 0 Å². The number of benzene rings is 1. The van der Waals surface area contributed by atoms with E-state index in [0.717, 1.165) is 8.26 Å². The van der Waals surface area contributed by atoms with E-state index < -0.39 is 5.82 Å². The predicted molar refractivity (Wildman–Crippen MR) is 79.2 cm³/mol. The van der Waals surface area contributed by atoms with Crippen LogP contribution in [-0.2, 0) is 6.42 Å². The third-order valence-corrected chi connectivity index (χ3v) is 5.87. The van der Waals surface area contributed by atoms with Gasteiger partial charge in [0.25, 0.3) is 0 Å². The van der Waals surface area contributed by atoms with Crippen molar-refractivity contribution in [2.75, 3.05) is 0 Å². The molecule has 0 unspecified atom stereocenters. The molecule has 0 aliphatic carbocycles. The summed E-state index contributed by atoms with van der Waals surface area (Å²) >= 11 is 13.6. The van der Waals surface area contributed by atoms with Crippen molar-refractivity contribution in [3.8, 4) is 0 Å². The van der Waals surface area contributed by atoms with Crippen LogP contribution in [0.25, 0.3) is 0 Å². The predicted octanol–water partition coefficient (Wildman–Crippen LogP) is 5.49. The van der Waals surface area contributed by atoms with Gasteiger partial charge in [-0.1, -0.05) is 17.7 Å². The SMILES string of the molecule is O=C(Cc1ccc(Cl)c(F)c1)c1cc(Br)c(Br)s1. The monoisotopic (exact) mass is 410 g/mol. The van der Waals surface area contributed by atoms with Crippen LogP contribution in [0.2, 0.25) is 5.02 Å². The lowest BCUT2D eigenvalue weighted by molar-refractivity contribution is 0.0997. The maximum atomic E-state index is 13.2. The highest BCUT2D eigenvalue weighted by Gasteiger charge is 2.13. The lowest BCUT2D eigenvalue weighted by Crippen LogP contribution is -2.01. The number of carbonyl (C=O) groups is 1. The molecule has 6 heteroatoms. The molecule has 0 atom stereocenters. The Morgan fingerprint density at radius 1 is 1.33 bits per heavy atom. The topological polar surface area (TPSA) is 17.1 Å². The van der Waals surface area contributed by atoms with Gasteiger partial charge in [0, 0.05) is 10.9 Å². The Labute approximate surface area is 129 Å². The normalized spacial score (nSPS) is 10.7. The third kappa shape index (κ3) is 3.20. The molecular weight excluding hydrogens is 406 g/mol. The average molecular weight is 413 g/mol. The largest absolute Gasteiger partial charge is 0.293 e. The second-order valence-corrected chi connectivity index (χ2v) is 7.21. The van der Waals surface area contributed by atoms with Gasteiger partial charge in [-0.15, -0.1) is 11.3 Å². The van der Waals surface area contributed by atoms with Crippen molar-refractivity contribution >= 4 is 60.6 Å². The molecule has 0 saturated carbocycles. The number of rotatable bonds is 3. The quantitative estimate of drug-likeness (QED) is 0.609. The van der Waals surface area contributed by atoms with Gasteiger partial charge in [0.15, 0.2) is 5.78 Å². The molecule has 0 amide bonds. The molecule has 1 nitrogen and oxygen atoms in total. The minimum Gasteiger partial charge on any atom is -0.293 e. The number of ketones is 1. The molecule has 0 aliphatic rings. The van der Waals surface area contributed by atoms with Gasteiger partial charge in [-0.3, -0.25) is 4.79 Å². The summed E-state index contributed by atoms with van der Waals surface area (Å²) in [4.78, 5) is 12.6. The summed E-state index contributed by atoms with van der Waals surface area (Å²) in [6, 6.07) is 6.15. The van der Waals surface area contributed by atoms with E-state index in [0.29, 0.717) is 10.4 Å². The van der Waals surface area contributed by atoms with Gasteiger partial charge in [-0.2, -0.15) is 0 Å². The van der Waals surface area contributed by atoms with Gasteiger partial charge in [0.2, 0.25) is 0 Å². The summed E-state index contributed by atoms with van der Waals surface area (Å²) in [7, 11) is 0. The van der Waals surface area contributed by atoms with Gasteiger partial charge in [-0.05, 0) is 55.6 Å². The Morgan fingerprint density at radius 2 is 2.06 bits per heavy atom. The van der Waals surface area contributed by atoms with Crippen molar-refractivity contribution in [1.29, 1.82) is 0 Å². The van der Waals surface area contributed by atoms with E-state index in [1.54, 1.807) is 12.1 Å². The molecule has 0 saturated heterocycles. The molecule has 0 bridgehead atoms. The van der Waals surface area contributed by atoms with Gasteiger partial charge < -0.3 is 0 Å². The van der Waals surface area contributed by atoms with Crippen molar-refractivity contribution in [3.63, 3.8) is 0 Å². The molecule has 1 aromatic carbocycles. The fourth-order valence-corrected chi connectivity index (χ4v) is 3.50. The Balaban J connectivity index is 2.18. The molecule has 2 rings (SSSR count). The first kappa shape index (κ1) is 14.2. The summed E-state index contributed by atoms with van der Waals surface area (Å²) in [5.74, 6) is -0.552. The zero-order valence-electron chi connectivity index (χ0n) is 8.84. The van der Waals surface area contributed by atoms with Crippen LogP contribution in [0.1, 0.15) is 15.2 Å². The number of halogens is 4. The smallest absolute Gasteiger partial charge is 0.177 e. The van der Waals surface area contributed by atoms with E-state index in [1.807, 2.05) is 0 Å². The maximum Gasteiger partial charge on any atom is 0.177 e. The summed E-state index contributed by atoms with van der Waals surface area (Å²) in [5.41, 5.74) is 0.613. The second-order valence-electron chi connectivity index (χ2n) is 3.58. The molecule has 0 radical (unpaired) electrons.